The topological polar surface area (TPSA) is 112 Å². The number of rotatable bonds is 7. The number of phenols is 1. The van der Waals surface area contributed by atoms with E-state index in [1.54, 1.807) is 12.1 Å². The van der Waals surface area contributed by atoms with Crippen LogP contribution in [0.4, 0.5) is 4.79 Å². The highest BCUT2D eigenvalue weighted by Crippen LogP contribution is 2.25. The molecule has 0 unspecified atom stereocenters. The van der Waals surface area contributed by atoms with E-state index in [1.807, 2.05) is 30.3 Å². The molecule has 0 bridgehead atoms. The average Bonchev–Trinajstić information content (AvgIpc) is 2.66. The van der Waals surface area contributed by atoms with Crippen LogP contribution in [0.1, 0.15) is 11.1 Å². The Hall–Kier alpha value is -3.55. The molecule has 3 amide bonds. The van der Waals surface area contributed by atoms with Crippen LogP contribution in [0.3, 0.4) is 0 Å². The molecule has 0 fully saturated rings. The van der Waals surface area contributed by atoms with Gasteiger partial charge in [0.25, 0.3) is 5.91 Å². The first-order chi connectivity index (χ1) is 12.6. The van der Waals surface area contributed by atoms with Crippen molar-refractivity contribution in [1.29, 1.82) is 0 Å². The number of methoxy groups -OCH3 is 1. The summed E-state index contributed by atoms with van der Waals surface area (Å²) >= 11 is 0. The van der Waals surface area contributed by atoms with E-state index in [0.717, 1.165) is 5.56 Å². The van der Waals surface area contributed by atoms with Gasteiger partial charge in [-0.1, -0.05) is 30.3 Å². The molecule has 0 spiro atoms. The summed E-state index contributed by atoms with van der Waals surface area (Å²) in [5, 5.41) is 18.4. The van der Waals surface area contributed by atoms with Crippen LogP contribution in [-0.2, 0) is 11.3 Å². The summed E-state index contributed by atoms with van der Waals surface area (Å²) in [4.78, 5) is 23.3. The van der Waals surface area contributed by atoms with Gasteiger partial charge in [-0.15, -0.1) is 0 Å². The van der Waals surface area contributed by atoms with E-state index in [1.165, 1.54) is 19.4 Å². The Balaban J connectivity index is 1.70. The summed E-state index contributed by atoms with van der Waals surface area (Å²) in [6.07, 6.45) is 1.40. The zero-order chi connectivity index (χ0) is 18.8. The number of carbonyl (C=O) groups is 2. The van der Waals surface area contributed by atoms with Gasteiger partial charge in [-0.25, -0.2) is 10.2 Å². The SMILES string of the molecule is COc1cc(C=NNC(=O)CNC(=O)NCc2ccccc2)ccc1O. The summed E-state index contributed by atoms with van der Waals surface area (Å²) < 4.78 is 4.98. The number of ether oxygens (including phenoxy) is 1. The summed E-state index contributed by atoms with van der Waals surface area (Å²) in [6.45, 7) is 0.159. The molecule has 8 nitrogen and oxygen atoms in total. The molecule has 2 aromatic rings. The van der Waals surface area contributed by atoms with Crippen molar-refractivity contribution in [1.82, 2.24) is 16.1 Å². The maximum absolute atomic E-state index is 11.7. The lowest BCUT2D eigenvalue weighted by molar-refractivity contribution is -0.120. The molecular weight excluding hydrogens is 336 g/mol. The third-order valence-electron chi connectivity index (χ3n) is 3.31. The van der Waals surface area contributed by atoms with Gasteiger partial charge in [-0.2, -0.15) is 5.10 Å². The lowest BCUT2D eigenvalue weighted by Crippen LogP contribution is -2.40. The van der Waals surface area contributed by atoms with Crippen LogP contribution in [0.15, 0.2) is 53.6 Å². The van der Waals surface area contributed by atoms with Gasteiger partial charge in [0.15, 0.2) is 11.5 Å². The van der Waals surface area contributed by atoms with Crippen LogP contribution >= 0.6 is 0 Å². The standard InChI is InChI=1S/C18H20N4O4/c1-26-16-9-14(7-8-15(16)23)11-21-22-17(24)12-20-18(25)19-10-13-5-3-2-4-6-13/h2-9,11,23H,10,12H2,1H3,(H,22,24)(H2,19,20,25). The van der Waals surface area contributed by atoms with E-state index >= 15 is 0 Å². The molecule has 0 heterocycles. The van der Waals surface area contributed by atoms with Crippen LogP contribution in [0.25, 0.3) is 0 Å². The fourth-order valence-corrected chi connectivity index (χ4v) is 1.99. The molecule has 4 N–H and O–H groups in total. The van der Waals surface area contributed by atoms with Gasteiger partial charge in [0.05, 0.1) is 13.3 Å². The van der Waals surface area contributed by atoms with E-state index in [9.17, 15) is 14.7 Å². The molecule has 0 saturated heterocycles. The van der Waals surface area contributed by atoms with Crippen molar-refractivity contribution in [2.75, 3.05) is 13.7 Å². The van der Waals surface area contributed by atoms with Crippen molar-refractivity contribution >= 4 is 18.2 Å². The monoisotopic (exact) mass is 356 g/mol. The minimum atomic E-state index is -0.471. The highest BCUT2D eigenvalue weighted by molar-refractivity contribution is 5.86. The third-order valence-corrected chi connectivity index (χ3v) is 3.31. The van der Waals surface area contributed by atoms with Gasteiger partial charge >= 0.3 is 6.03 Å². The van der Waals surface area contributed by atoms with Gasteiger partial charge in [-0.05, 0) is 29.3 Å². The Kier molecular flexibility index (Phi) is 6.99. The first-order valence-corrected chi connectivity index (χ1v) is 7.83. The molecule has 0 aliphatic carbocycles. The minimum absolute atomic E-state index is 0.0133. The molecule has 2 aromatic carbocycles. The van der Waals surface area contributed by atoms with Crippen LogP contribution in [0.2, 0.25) is 0 Å². The van der Waals surface area contributed by atoms with Crippen molar-refractivity contribution in [2.24, 2.45) is 5.10 Å². The van der Waals surface area contributed by atoms with E-state index in [0.29, 0.717) is 17.9 Å². The number of hydrogen-bond acceptors (Lipinski definition) is 5. The van der Waals surface area contributed by atoms with Crippen molar-refractivity contribution in [3.05, 3.63) is 59.7 Å². The molecule has 0 saturated carbocycles. The van der Waals surface area contributed by atoms with Gasteiger partial charge in [0, 0.05) is 6.54 Å². The molecular formula is C18H20N4O4. The number of nitrogens with one attached hydrogen (secondary N) is 3. The van der Waals surface area contributed by atoms with Crippen LogP contribution in [-0.4, -0.2) is 36.9 Å². The quantitative estimate of drug-likeness (QED) is 0.443. The summed E-state index contributed by atoms with van der Waals surface area (Å²) in [5.74, 6) is -0.154. The van der Waals surface area contributed by atoms with E-state index < -0.39 is 11.9 Å². The van der Waals surface area contributed by atoms with Crippen molar-refractivity contribution in [2.45, 2.75) is 6.54 Å². The van der Waals surface area contributed by atoms with Gasteiger partial charge in [-0.3, -0.25) is 4.79 Å². The fourth-order valence-electron chi connectivity index (χ4n) is 1.99. The zero-order valence-corrected chi connectivity index (χ0v) is 14.2. The summed E-state index contributed by atoms with van der Waals surface area (Å²) in [6, 6.07) is 13.6. The van der Waals surface area contributed by atoms with Crippen molar-refractivity contribution in [3.8, 4) is 11.5 Å². The van der Waals surface area contributed by atoms with Crippen molar-refractivity contribution < 1.29 is 19.4 Å². The number of phenolic OH excluding ortho intramolecular Hbond substituents is 1. The summed E-state index contributed by atoms with van der Waals surface area (Å²) in [7, 11) is 1.44. The second-order valence-corrected chi connectivity index (χ2v) is 5.25. The second kappa shape index (κ2) is 9.67. The molecule has 0 radical (unpaired) electrons. The predicted octanol–water partition coefficient (Wildman–Crippen LogP) is 1.35. The lowest BCUT2D eigenvalue weighted by atomic mass is 10.2. The number of urea groups is 1. The highest BCUT2D eigenvalue weighted by Gasteiger charge is 2.04. The fraction of sp³-hybridized carbons (Fsp3) is 0.167. The zero-order valence-electron chi connectivity index (χ0n) is 14.2. The molecule has 8 heteroatoms. The van der Waals surface area contributed by atoms with E-state index in [4.69, 9.17) is 4.74 Å². The van der Waals surface area contributed by atoms with Crippen molar-refractivity contribution in [3.63, 3.8) is 0 Å². The number of hydrogen-bond donors (Lipinski definition) is 4. The first kappa shape index (κ1) is 18.8. The largest absolute Gasteiger partial charge is 0.504 e. The Labute approximate surface area is 150 Å². The highest BCUT2D eigenvalue weighted by atomic mass is 16.5. The lowest BCUT2D eigenvalue weighted by Gasteiger charge is -2.07. The number of carbonyl (C=O) groups excluding carboxylic acids is 2. The normalized spacial score (nSPS) is 10.3. The molecule has 136 valence electrons. The molecule has 0 aliphatic rings. The van der Waals surface area contributed by atoms with E-state index in [2.05, 4.69) is 21.2 Å². The summed E-state index contributed by atoms with van der Waals surface area (Å²) in [5.41, 5.74) is 3.89. The van der Waals surface area contributed by atoms with Gasteiger partial charge < -0.3 is 20.5 Å². The smallest absolute Gasteiger partial charge is 0.315 e. The van der Waals surface area contributed by atoms with Gasteiger partial charge in [0.1, 0.15) is 6.54 Å². The Morgan fingerprint density at radius 2 is 1.92 bits per heavy atom. The number of nitrogens with zero attached hydrogens (tertiary/aromatic N) is 1. The molecule has 0 aromatic heterocycles. The molecule has 0 atom stereocenters. The van der Waals surface area contributed by atoms with Crippen LogP contribution < -0.4 is 20.8 Å². The number of benzene rings is 2. The Morgan fingerprint density at radius 3 is 2.65 bits per heavy atom. The maximum atomic E-state index is 11.7. The first-order valence-electron chi connectivity index (χ1n) is 7.83. The minimum Gasteiger partial charge on any atom is -0.504 e. The molecule has 26 heavy (non-hydrogen) atoms. The number of aromatic hydroxyl groups is 1. The Morgan fingerprint density at radius 1 is 1.15 bits per heavy atom. The number of amides is 3. The molecule has 2 rings (SSSR count). The van der Waals surface area contributed by atoms with Crippen LogP contribution in [0.5, 0.6) is 11.5 Å². The number of hydrazone groups is 1. The Bertz CT molecular complexity index is 778. The average molecular weight is 356 g/mol. The third kappa shape index (κ3) is 6.16. The predicted molar refractivity (Wildman–Crippen MR) is 97.1 cm³/mol. The second-order valence-electron chi connectivity index (χ2n) is 5.25. The van der Waals surface area contributed by atoms with E-state index in [-0.39, 0.29) is 12.3 Å². The van der Waals surface area contributed by atoms with Crippen LogP contribution in [0, 0.1) is 0 Å². The van der Waals surface area contributed by atoms with Gasteiger partial charge in [0.2, 0.25) is 0 Å². The maximum Gasteiger partial charge on any atom is 0.315 e. The molecule has 0 aliphatic heterocycles.